The van der Waals surface area contributed by atoms with Gasteiger partial charge in [0.2, 0.25) is 0 Å². The second-order valence-corrected chi connectivity index (χ2v) is 6.98. The fourth-order valence-corrected chi connectivity index (χ4v) is 3.85. The van der Waals surface area contributed by atoms with E-state index in [1.165, 1.54) is 9.58 Å². The highest BCUT2D eigenvalue weighted by Gasteiger charge is 2.11. The molecule has 0 radical (unpaired) electrons. The first kappa shape index (κ1) is 14.2. The van der Waals surface area contributed by atoms with Crippen molar-refractivity contribution in [1.82, 2.24) is 34.7 Å². The Bertz CT molecular complexity index is 1170. The molecule has 25 heavy (non-hydrogen) atoms. The number of pyridine rings is 2. The van der Waals surface area contributed by atoms with Crippen molar-refractivity contribution >= 4 is 32.6 Å². The zero-order valence-corrected chi connectivity index (χ0v) is 14.2. The molecule has 5 rings (SSSR count). The minimum Gasteiger partial charge on any atom is -0.275 e. The topological polar surface area (TPSA) is 74.3 Å². The van der Waals surface area contributed by atoms with Crippen LogP contribution in [0.1, 0.15) is 4.88 Å². The van der Waals surface area contributed by atoms with Crippen LogP contribution in [-0.4, -0.2) is 34.7 Å². The van der Waals surface area contributed by atoms with Crippen LogP contribution in [0.4, 0.5) is 0 Å². The van der Waals surface area contributed by atoms with Crippen molar-refractivity contribution in [2.45, 2.75) is 6.54 Å². The van der Waals surface area contributed by atoms with E-state index in [9.17, 15) is 0 Å². The van der Waals surface area contributed by atoms with Gasteiger partial charge in [-0.15, -0.1) is 16.4 Å². The third-order valence-corrected chi connectivity index (χ3v) is 5.13. The summed E-state index contributed by atoms with van der Waals surface area (Å²) in [7, 11) is 1.89. The fourth-order valence-electron chi connectivity index (χ4n) is 2.84. The van der Waals surface area contributed by atoms with E-state index in [2.05, 4.69) is 26.5 Å². The summed E-state index contributed by atoms with van der Waals surface area (Å²) in [4.78, 5) is 10.1. The maximum atomic E-state index is 4.75. The molecule has 7 nitrogen and oxygen atoms in total. The van der Waals surface area contributed by atoms with Gasteiger partial charge in [0.15, 0.2) is 5.65 Å². The smallest absolute Gasteiger partial charge is 0.179 e. The summed E-state index contributed by atoms with van der Waals surface area (Å²) < 4.78 is 4.83. The molecule has 0 aromatic carbocycles. The number of thiophene rings is 1. The highest BCUT2D eigenvalue weighted by molar-refractivity contribution is 7.19. The molecule has 0 unspecified atom stereocenters. The maximum absolute atomic E-state index is 4.75. The Morgan fingerprint density at radius 1 is 1.16 bits per heavy atom. The predicted octanol–water partition coefficient (Wildman–Crippen LogP) is 2.88. The predicted molar refractivity (Wildman–Crippen MR) is 96.2 cm³/mol. The third-order valence-electron chi connectivity index (χ3n) is 4.03. The Labute approximate surface area is 146 Å². The van der Waals surface area contributed by atoms with Crippen LogP contribution in [0.3, 0.4) is 0 Å². The summed E-state index contributed by atoms with van der Waals surface area (Å²) in [5, 5.41) is 13.9. The van der Waals surface area contributed by atoms with Gasteiger partial charge in [-0.25, -0.2) is 9.67 Å². The number of hydrogen-bond donors (Lipinski definition) is 0. The molecule has 5 heterocycles. The Kier molecular flexibility index (Phi) is 3.10. The lowest BCUT2D eigenvalue weighted by Crippen LogP contribution is -2.01. The summed E-state index contributed by atoms with van der Waals surface area (Å²) in [6, 6.07) is 8.07. The van der Waals surface area contributed by atoms with Crippen molar-refractivity contribution in [2.75, 3.05) is 0 Å². The van der Waals surface area contributed by atoms with Crippen molar-refractivity contribution in [3.63, 3.8) is 0 Å². The van der Waals surface area contributed by atoms with E-state index >= 15 is 0 Å². The number of hydrogen-bond acceptors (Lipinski definition) is 6. The number of nitrogens with zero attached hydrogens (tertiary/aromatic N) is 7. The SMILES string of the molecule is Cn1cc(-c2ccc3nnn(Cc4cc5cnccc5s4)c3n2)cn1. The van der Waals surface area contributed by atoms with Crippen LogP contribution in [0.5, 0.6) is 0 Å². The van der Waals surface area contributed by atoms with Crippen molar-refractivity contribution in [2.24, 2.45) is 7.05 Å². The van der Waals surface area contributed by atoms with E-state index in [1.807, 2.05) is 48.5 Å². The first-order valence-electron chi connectivity index (χ1n) is 7.78. The molecule has 0 spiro atoms. The zero-order chi connectivity index (χ0) is 16.8. The molecule has 0 atom stereocenters. The van der Waals surface area contributed by atoms with Crippen molar-refractivity contribution in [1.29, 1.82) is 0 Å². The average molecular weight is 347 g/mol. The Morgan fingerprint density at radius 3 is 2.96 bits per heavy atom. The Hall–Kier alpha value is -3.13. The van der Waals surface area contributed by atoms with E-state index in [1.54, 1.807) is 22.2 Å². The first-order valence-corrected chi connectivity index (χ1v) is 8.60. The van der Waals surface area contributed by atoms with Crippen LogP contribution in [0.15, 0.2) is 49.1 Å². The van der Waals surface area contributed by atoms with Gasteiger partial charge in [-0.1, -0.05) is 5.21 Å². The summed E-state index contributed by atoms with van der Waals surface area (Å²) in [5.74, 6) is 0. The minimum absolute atomic E-state index is 0.638. The Balaban J connectivity index is 1.56. The zero-order valence-electron chi connectivity index (χ0n) is 13.4. The van der Waals surface area contributed by atoms with E-state index in [4.69, 9.17) is 4.98 Å². The lowest BCUT2D eigenvalue weighted by Gasteiger charge is -2.01. The molecule has 122 valence electrons. The third kappa shape index (κ3) is 2.47. The molecule has 0 aliphatic rings. The summed E-state index contributed by atoms with van der Waals surface area (Å²) >= 11 is 1.74. The molecule has 0 saturated heterocycles. The van der Waals surface area contributed by atoms with Crippen LogP contribution < -0.4 is 0 Å². The van der Waals surface area contributed by atoms with Crippen molar-refractivity contribution in [3.05, 3.63) is 53.9 Å². The molecule has 0 fully saturated rings. The lowest BCUT2D eigenvalue weighted by atomic mass is 10.2. The number of fused-ring (bicyclic) bond motifs is 2. The number of aryl methyl sites for hydroxylation is 1. The van der Waals surface area contributed by atoms with Gasteiger partial charge in [-0.3, -0.25) is 9.67 Å². The van der Waals surface area contributed by atoms with Crippen LogP contribution in [0.2, 0.25) is 0 Å². The highest BCUT2D eigenvalue weighted by Crippen LogP contribution is 2.26. The Morgan fingerprint density at radius 2 is 2.12 bits per heavy atom. The molecule has 5 aromatic heterocycles. The van der Waals surface area contributed by atoms with Gasteiger partial charge in [0.1, 0.15) is 5.52 Å². The van der Waals surface area contributed by atoms with E-state index in [0.29, 0.717) is 6.54 Å². The molecule has 0 amide bonds. The molecule has 0 aliphatic heterocycles. The molecule has 5 aromatic rings. The first-order chi connectivity index (χ1) is 12.3. The normalized spacial score (nSPS) is 11.6. The van der Waals surface area contributed by atoms with Crippen LogP contribution in [-0.2, 0) is 13.6 Å². The minimum atomic E-state index is 0.638. The van der Waals surface area contributed by atoms with Gasteiger partial charge in [0.05, 0.1) is 18.4 Å². The van der Waals surface area contributed by atoms with Crippen LogP contribution >= 0.6 is 11.3 Å². The van der Waals surface area contributed by atoms with Gasteiger partial charge < -0.3 is 0 Å². The molecule has 0 saturated carbocycles. The van der Waals surface area contributed by atoms with Gasteiger partial charge in [-0.05, 0) is 24.3 Å². The summed E-state index contributed by atoms with van der Waals surface area (Å²) in [6.07, 6.45) is 7.45. The van der Waals surface area contributed by atoms with Crippen molar-refractivity contribution in [3.8, 4) is 11.3 Å². The number of aromatic nitrogens is 7. The molecular weight excluding hydrogens is 334 g/mol. The molecule has 8 heteroatoms. The molecular formula is C17H13N7S. The van der Waals surface area contributed by atoms with E-state index in [0.717, 1.165) is 27.8 Å². The van der Waals surface area contributed by atoms with Crippen molar-refractivity contribution < 1.29 is 0 Å². The molecule has 0 aliphatic carbocycles. The summed E-state index contributed by atoms with van der Waals surface area (Å²) in [6.45, 7) is 0.638. The van der Waals surface area contributed by atoms with Gasteiger partial charge in [-0.2, -0.15) is 5.10 Å². The lowest BCUT2D eigenvalue weighted by molar-refractivity contribution is 0.671. The van der Waals surface area contributed by atoms with Gasteiger partial charge >= 0.3 is 0 Å². The summed E-state index contributed by atoms with van der Waals surface area (Å²) in [5.41, 5.74) is 3.40. The standard InChI is InChI=1S/C17H13N7S/c1-23-9-12(8-19-23)14-2-3-15-17(20-14)24(22-21-15)10-13-6-11-7-18-5-4-16(11)25-13/h2-9H,10H2,1H3. The highest BCUT2D eigenvalue weighted by atomic mass is 32.1. The second kappa shape index (κ2) is 5.45. The molecule has 0 bridgehead atoms. The second-order valence-electron chi connectivity index (χ2n) is 5.82. The van der Waals surface area contributed by atoms with E-state index in [-0.39, 0.29) is 0 Å². The van der Waals surface area contributed by atoms with Crippen LogP contribution in [0.25, 0.3) is 32.5 Å². The van der Waals surface area contributed by atoms with Gasteiger partial charge in [0, 0.05) is 46.2 Å². The average Bonchev–Trinajstić information content (AvgIpc) is 3.33. The van der Waals surface area contributed by atoms with E-state index < -0.39 is 0 Å². The maximum Gasteiger partial charge on any atom is 0.179 e. The molecule has 0 N–H and O–H groups in total. The number of rotatable bonds is 3. The fraction of sp³-hybridized carbons (Fsp3) is 0.118. The quantitative estimate of drug-likeness (QED) is 0.502. The largest absolute Gasteiger partial charge is 0.275 e. The monoisotopic (exact) mass is 347 g/mol. The van der Waals surface area contributed by atoms with Crippen LogP contribution in [0, 0.1) is 0 Å². The van der Waals surface area contributed by atoms with Gasteiger partial charge in [0.25, 0.3) is 0 Å².